The van der Waals surface area contributed by atoms with Crippen LogP contribution in [0.4, 0.5) is 0 Å². The lowest BCUT2D eigenvalue weighted by Crippen LogP contribution is -2.46. The fourth-order valence-electron chi connectivity index (χ4n) is 2.74. The van der Waals surface area contributed by atoms with Crippen molar-refractivity contribution in [2.24, 2.45) is 4.99 Å². The second-order valence-electron chi connectivity index (χ2n) is 5.83. The van der Waals surface area contributed by atoms with Crippen LogP contribution in [-0.2, 0) is 13.3 Å². The third kappa shape index (κ3) is 10.6. The van der Waals surface area contributed by atoms with Crippen LogP contribution in [0, 0.1) is 0 Å². The van der Waals surface area contributed by atoms with Gasteiger partial charge in [-0.1, -0.05) is 13.8 Å². The number of nitrogens with zero attached hydrogens (tertiary/aromatic N) is 2. The van der Waals surface area contributed by atoms with Crippen molar-refractivity contribution in [3.05, 3.63) is 0 Å². The highest BCUT2D eigenvalue weighted by molar-refractivity contribution is 6.60. The molecular formula is C18H40N2O3Si. The number of hydrogen-bond acceptors (Lipinski definition) is 5. The van der Waals surface area contributed by atoms with Crippen molar-refractivity contribution in [1.29, 1.82) is 0 Å². The van der Waals surface area contributed by atoms with Crippen molar-refractivity contribution in [1.82, 2.24) is 4.90 Å². The first kappa shape index (κ1) is 23.7. The van der Waals surface area contributed by atoms with Gasteiger partial charge in [0.05, 0.1) is 0 Å². The standard InChI is InChI=1S/C18H40N2O3Si/c1-7-20(8-2)16-12-14-18(6)19-15-13-17-24(21-9-3,22-10-4)23-11-5/h7-17H2,1-6H3. The molecule has 0 radical (unpaired) electrons. The molecule has 0 heterocycles. The lowest BCUT2D eigenvalue weighted by Gasteiger charge is -2.28. The zero-order valence-corrected chi connectivity index (χ0v) is 17.9. The SMILES string of the molecule is CCO[Si](CCCN=C(C)CCCN(CC)CC)(OCC)OCC. The molecule has 0 aromatic carbocycles. The average Bonchev–Trinajstić information content (AvgIpc) is 2.56. The molecule has 0 aliphatic rings. The van der Waals surface area contributed by atoms with Gasteiger partial charge in [0.15, 0.2) is 0 Å². The van der Waals surface area contributed by atoms with Crippen LogP contribution >= 0.6 is 0 Å². The molecule has 0 aliphatic carbocycles. The van der Waals surface area contributed by atoms with Crippen molar-refractivity contribution >= 4 is 14.5 Å². The smallest absolute Gasteiger partial charge is 0.374 e. The normalized spacial score (nSPS) is 13.0. The average molecular weight is 361 g/mol. The van der Waals surface area contributed by atoms with Crippen LogP contribution in [0.1, 0.15) is 60.8 Å². The first-order valence-electron chi connectivity index (χ1n) is 9.71. The summed E-state index contributed by atoms with van der Waals surface area (Å²) in [5.41, 5.74) is 1.25. The molecule has 24 heavy (non-hydrogen) atoms. The highest BCUT2D eigenvalue weighted by atomic mass is 28.4. The minimum absolute atomic E-state index is 0.639. The Morgan fingerprint density at radius 1 is 0.875 bits per heavy atom. The molecule has 0 aromatic heterocycles. The Morgan fingerprint density at radius 3 is 1.88 bits per heavy atom. The fraction of sp³-hybridized carbons (Fsp3) is 0.944. The molecule has 0 amide bonds. The highest BCUT2D eigenvalue weighted by Crippen LogP contribution is 2.18. The Bertz CT molecular complexity index is 306. The van der Waals surface area contributed by atoms with Crippen LogP contribution in [0.5, 0.6) is 0 Å². The quantitative estimate of drug-likeness (QED) is 0.237. The van der Waals surface area contributed by atoms with Crippen LogP contribution in [-0.4, -0.2) is 65.4 Å². The van der Waals surface area contributed by atoms with E-state index in [0.29, 0.717) is 19.8 Å². The van der Waals surface area contributed by atoms with E-state index in [-0.39, 0.29) is 0 Å². The molecule has 0 aliphatic heterocycles. The summed E-state index contributed by atoms with van der Waals surface area (Å²) in [7, 11) is -2.49. The van der Waals surface area contributed by atoms with Gasteiger partial charge in [-0.05, 0) is 66.6 Å². The molecule has 0 rings (SSSR count). The third-order valence-corrected chi connectivity index (χ3v) is 7.17. The van der Waals surface area contributed by atoms with Gasteiger partial charge in [0.2, 0.25) is 0 Å². The highest BCUT2D eigenvalue weighted by Gasteiger charge is 2.39. The molecule has 6 heteroatoms. The summed E-state index contributed by atoms with van der Waals surface area (Å²) in [5.74, 6) is 0. The summed E-state index contributed by atoms with van der Waals surface area (Å²) in [5, 5.41) is 0. The van der Waals surface area contributed by atoms with Crippen LogP contribution in [0.3, 0.4) is 0 Å². The van der Waals surface area contributed by atoms with Crippen molar-refractivity contribution in [3.63, 3.8) is 0 Å². The lowest BCUT2D eigenvalue weighted by atomic mass is 10.2. The first-order chi connectivity index (χ1) is 11.6. The lowest BCUT2D eigenvalue weighted by molar-refractivity contribution is 0.0710. The van der Waals surface area contributed by atoms with E-state index in [1.54, 1.807) is 0 Å². The van der Waals surface area contributed by atoms with Gasteiger partial charge in [-0.3, -0.25) is 4.99 Å². The number of rotatable bonds is 16. The predicted molar refractivity (Wildman–Crippen MR) is 105 cm³/mol. The maximum absolute atomic E-state index is 5.87. The summed E-state index contributed by atoms with van der Waals surface area (Å²) >= 11 is 0. The van der Waals surface area contributed by atoms with Crippen LogP contribution in [0.25, 0.3) is 0 Å². The Balaban J connectivity index is 4.20. The van der Waals surface area contributed by atoms with E-state index < -0.39 is 8.80 Å². The Kier molecular flexibility index (Phi) is 14.8. The maximum atomic E-state index is 5.87. The van der Waals surface area contributed by atoms with Crippen LogP contribution < -0.4 is 0 Å². The van der Waals surface area contributed by atoms with Gasteiger partial charge in [0.25, 0.3) is 0 Å². The summed E-state index contributed by atoms with van der Waals surface area (Å²) < 4.78 is 17.6. The van der Waals surface area contributed by atoms with Gasteiger partial charge in [-0.15, -0.1) is 0 Å². The minimum Gasteiger partial charge on any atom is -0.374 e. The fourth-order valence-corrected chi connectivity index (χ4v) is 5.34. The van der Waals surface area contributed by atoms with Crippen molar-refractivity contribution < 1.29 is 13.3 Å². The zero-order valence-electron chi connectivity index (χ0n) is 16.9. The van der Waals surface area contributed by atoms with Gasteiger partial charge in [-0.2, -0.15) is 0 Å². The Labute approximate surface area is 151 Å². The molecule has 0 unspecified atom stereocenters. The molecule has 0 bridgehead atoms. The second-order valence-corrected chi connectivity index (χ2v) is 8.57. The third-order valence-electron chi connectivity index (χ3n) is 4.02. The molecule has 0 saturated carbocycles. The molecule has 144 valence electrons. The molecule has 0 saturated heterocycles. The van der Waals surface area contributed by atoms with Crippen LogP contribution in [0.15, 0.2) is 4.99 Å². The molecule has 0 spiro atoms. The van der Waals surface area contributed by atoms with E-state index in [4.69, 9.17) is 18.3 Å². The van der Waals surface area contributed by atoms with Gasteiger partial charge in [-0.25, -0.2) is 0 Å². The maximum Gasteiger partial charge on any atom is 0.500 e. The van der Waals surface area contributed by atoms with Gasteiger partial charge >= 0.3 is 8.80 Å². The molecule has 0 N–H and O–H groups in total. The van der Waals surface area contributed by atoms with Crippen LogP contribution in [0.2, 0.25) is 6.04 Å². The zero-order chi connectivity index (χ0) is 18.3. The number of aliphatic imine (C=N–C) groups is 1. The summed E-state index contributed by atoms with van der Waals surface area (Å²) in [6.07, 6.45) is 3.23. The molecule has 0 atom stereocenters. The second kappa shape index (κ2) is 15.0. The van der Waals surface area contributed by atoms with E-state index in [0.717, 1.165) is 45.1 Å². The summed E-state index contributed by atoms with van der Waals surface area (Å²) in [6, 6.07) is 0.846. The molecular weight excluding hydrogens is 320 g/mol. The van der Waals surface area contributed by atoms with E-state index in [2.05, 4.69) is 25.7 Å². The molecule has 0 fully saturated rings. The monoisotopic (exact) mass is 360 g/mol. The van der Waals surface area contributed by atoms with E-state index in [1.165, 1.54) is 12.1 Å². The van der Waals surface area contributed by atoms with Gasteiger partial charge < -0.3 is 18.2 Å². The molecule has 0 aromatic rings. The summed E-state index contributed by atoms with van der Waals surface area (Å²) in [4.78, 5) is 7.17. The van der Waals surface area contributed by atoms with Crippen molar-refractivity contribution in [3.8, 4) is 0 Å². The summed E-state index contributed by atoms with van der Waals surface area (Å²) in [6.45, 7) is 18.7. The predicted octanol–water partition coefficient (Wildman–Crippen LogP) is 4.01. The van der Waals surface area contributed by atoms with Gasteiger partial charge in [0, 0.05) is 38.1 Å². The van der Waals surface area contributed by atoms with Crippen molar-refractivity contribution in [2.75, 3.05) is 46.0 Å². The Hall–Kier alpha value is -0.273. The Morgan fingerprint density at radius 2 is 1.42 bits per heavy atom. The van der Waals surface area contributed by atoms with E-state index >= 15 is 0 Å². The minimum atomic E-state index is -2.49. The van der Waals surface area contributed by atoms with E-state index in [1.807, 2.05) is 20.8 Å². The first-order valence-corrected chi connectivity index (χ1v) is 11.6. The largest absolute Gasteiger partial charge is 0.500 e. The topological polar surface area (TPSA) is 43.3 Å². The number of hydrogen-bond donors (Lipinski definition) is 0. The van der Waals surface area contributed by atoms with Crippen molar-refractivity contribution in [2.45, 2.75) is 66.8 Å². The van der Waals surface area contributed by atoms with Gasteiger partial charge in [0.1, 0.15) is 0 Å². The van der Waals surface area contributed by atoms with E-state index in [9.17, 15) is 0 Å². The molecule has 5 nitrogen and oxygen atoms in total.